The molecule has 2 atom stereocenters. The molecule has 0 aromatic rings. The number of carboxylic acid groups (broad SMARTS) is 2. The van der Waals surface area contributed by atoms with Gasteiger partial charge in [0.1, 0.15) is 0 Å². The minimum Gasteiger partial charge on any atom is -0.481 e. The maximum Gasteiger partial charge on any atom is 0.332 e. The van der Waals surface area contributed by atoms with E-state index in [2.05, 4.69) is 13.8 Å². The average molecular weight is 461 g/mol. The molecule has 0 heterocycles. The zero-order valence-electron chi connectivity index (χ0n) is 20.9. The van der Waals surface area contributed by atoms with Crippen molar-refractivity contribution in [1.82, 2.24) is 0 Å². The van der Waals surface area contributed by atoms with Gasteiger partial charge in [-0.2, -0.15) is 0 Å². The lowest BCUT2D eigenvalue weighted by Crippen LogP contribution is -2.18. The molecule has 0 aliphatic rings. The minimum atomic E-state index is -1.16. The summed E-state index contributed by atoms with van der Waals surface area (Å²) >= 11 is 0. The van der Waals surface area contributed by atoms with Crippen LogP contribution in [-0.4, -0.2) is 44.6 Å². The zero-order valence-corrected chi connectivity index (χ0v) is 20.9. The Morgan fingerprint density at radius 3 is 1.25 bits per heavy atom. The minimum absolute atomic E-state index is 0.115. The number of hydrogen-bond acceptors (Lipinski definition) is 4. The Morgan fingerprint density at radius 2 is 0.906 bits per heavy atom. The van der Waals surface area contributed by atoms with E-state index in [4.69, 9.17) is 15.3 Å². The smallest absolute Gasteiger partial charge is 0.332 e. The lowest BCUT2D eigenvalue weighted by Gasteiger charge is -2.06. The van der Waals surface area contributed by atoms with Crippen LogP contribution >= 0.6 is 0 Å². The van der Waals surface area contributed by atoms with E-state index in [0.29, 0.717) is 12.8 Å². The van der Waals surface area contributed by atoms with Crippen LogP contribution in [0.15, 0.2) is 0 Å². The summed E-state index contributed by atoms with van der Waals surface area (Å²) in [5.74, 6) is -2.01. The van der Waals surface area contributed by atoms with E-state index >= 15 is 0 Å². The van der Waals surface area contributed by atoms with Crippen molar-refractivity contribution >= 4 is 11.9 Å². The first-order valence-corrected chi connectivity index (χ1v) is 13.2. The van der Waals surface area contributed by atoms with Crippen LogP contribution in [0.1, 0.15) is 142 Å². The number of carbonyl (C=O) groups is 2. The van der Waals surface area contributed by atoms with E-state index in [1.165, 1.54) is 83.5 Å². The Kier molecular flexibility index (Phi) is 27.0. The molecule has 0 rings (SSSR count). The fourth-order valence-corrected chi connectivity index (χ4v) is 3.59. The molecule has 32 heavy (non-hydrogen) atoms. The molecular weight excluding hydrogens is 408 g/mol. The van der Waals surface area contributed by atoms with Gasteiger partial charge in [-0.05, 0) is 12.8 Å². The summed E-state index contributed by atoms with van der Waals surface area (Å²) in [5, 5.41) is 35.2. The van der Waals surface area contributed by atoms with Crippen LogP contribution < -0.4 is 0 Å². The van der Waals surface area contributed by atoms with Crippen molar-refractivity contribution in [1.29, 1.82) is 0 Å². The average Bonchev–Trinajstić information content (AvgIpc) is 2.74. The Hall–Kier alpha value is -1.14. The molecule has 192 valence electrons. The van der Waals surface area contributed by atoms with Gasteiger partial charge in [-0.15, -0.1) is 0 Å². The van der Waals surface area contributed by atoms with Crippen molar-refractivity contribution in [2.75, 3.05) is 0 Å². The van der Waals surface area contributed by atoms with Crippen LogP contribution in [0.4, 0.5) is 0 Å². The molecule has 2 unspecified atom stereocenters. The second-order valence-corrected chi connectivity index (χ2v) is 8.99. The van der Waals surface area contributed by atoms with E-state index < -0.39 is 24.1 Å². The van der Waals surface area contributed by atoms with Crippen LogP contribution in [0.5, 0.6) is 0 Å². The first-order chi connectivity index (χ1) is 15.3. The van der Waals surface area contributed by atoms with Crippen LogP contribution in [0.2, 0.25) is 0 Å². The van der Waals surface area contributed by atoms with Crippen LogP contribution in [0.25, 0.3) is 0 Å². The molecule has 0 saturated heterocycles. The SMILES string of the molecule is CCCCCCCCCC(O)CC(=O)O.CCCCCCCCCCCCC(O)C(=O)O. The van der Waals surface area contributed by atoms with Crippen molar-refractivity contribution in [3.05, 3.63) is 0 Å². The molecule has 0 aliphatic carbocycles. The van der Waals surface area contributed by atoms with Gasteiger partial charge in [0.05, 0.1) is 12.5 Å². The van der Waals surface area contributed by atoms with Gasteiger partial charge < -0.3 is 20.4 Å². The first kappa shape index (κ1) is 33.0. The van der Waals surface area contributed by atoms with Gasteiger partial charge in [0.25, 0.3) is 0 Å². The topological polar surface area (TPSA) is 115 Å². The van der Waals surface area contributed by atoms with Gasteiger partial charge in [0.15, 0.2) is 6.10 Å². The highest BCUT2D eigenvalue weighted by Gasteiger charge is 2.11. The fraction of sp³-hybridized carbons (Fsp3) is 0.923. The Labute approximate surface area is 196 Å². The van der Waals surface area contributed by atoms with E-state index in [1.54, 1.807) is 0 Å². The monoisotopic (exact) mass is 460 g/mol. The van der Waals surface area contributed by atoms with Crippen molar-refractivity contribution < 1.29 is 30.0 Å². The molecule has 0 aliphatic heterocycles. The number of carboxylic acids is 2. The summed E-state index contributed by atoms with van der Waals surface area (Å²) in [6.45, 7) is 4.42. The molecule has 0 aromatic heterocycles. The van der Waals surface area contributed by atoms with Crippen LogP contribution in [0, 0.1) is 0 Å². The highest BCUT2D eigenvalue weighted by Crippen LogP contribution is 2.12. The molecular formula is C26H52O6. The Morgan fingerprint density at radius 1 is 0.562 bits per heavy atom. The van der Waals surface area contributed by atoms with E-state index in [1.807, 2.05) is 0 Å². The van der Waals surface area contributed by atoms with Crippen molar-refractivity contribution in [2.24, 2.45) is 0 Å². The van der Waals surface area contributed by atoms with Gasteiger partial charge in [-0.25, -0.2) is 4.79 Å². The molecule has 0 fully saturated rings. The predicted octanol–water partition coefficient (Wildman–Crippen LogP) is 6.71. The fourth-order valence-electron chi connectivity index (χ4n) is 3.59. The largest absolute Gasteiger partial charge is 0.481 e. The van der Waals surface area contributed by atoms with Gasteiger partial charge in [-0.1, -0.05) is 123 Å². The molecule has 0 bridgehead atoms. The second-order valence-electron chi connectivity index (χ2n) is 8.99. The highest BCUT2D eigenvalue weighted by molar-refractivity contribution is 5.71. The lowest BCUT2D eigenvalue weighted by molar-refractivity contribution is -0.147. The Bertz CT molecular complexity index is 413. The molecule has 0 radical (unpaired) electrons. The highest BCUT2D eigenvalue weighted by atomic mass is 16.4. The van der Waals surface area contributed by atoms with Crippen molar-refractivity contribution in [3.8, 4) is 0 Å². The molecule has 0 amide bonds. The van der Waals surface area contributed by atoms with Crippen molar-refractivity contribution in [3.63, 3.8) is 0 Å². The summed E-state index contributed by atoms with van der Waals surface area (Å²) in [4.78, 5) is 20.6. The molecule has 0 spiro atoms. The molecule has 6 heteroatoms. The molecule has 0 aromatic carbocycles. The van der Waals surface area contributed by atoms with Gasteiger partial charge >= 0.3 is 11.9 Å². The molecule has 4 N–H and O–H groups in total. The van der Waals surface area contributed by atoms with Crippen molar-refractivity contribution in [2.45, 2.75) is 154 Å². The first-order valence-electron chi connectivity index (χ1n) is 13.2. The number of aliphatic carboxylic acids is 2. The maximum atomic E-state index is 10.3. The lowest BCUT2D eigenvalue weighted by atomic mass is 10.0. The predicted molar refractivity (Wildman–Crippen MR) is 131 cm³/mol. The quantitative estimate of drug-likeness (QED) is 0.134. The summed E-state index contributed by atoms with van der Waals surface area (Å²) in [7, 11) is 0. The van der Waals surface area contributed by atoms with Gasteiger partial charge in [-0.3, -0.25) is 4.79 Å². The maximum absolute atomic E-state index is 10.3. The van der Waals surface area contributed by atoms with E-state index in [-0.39, 0.29) is 6.42 Å². The summed E-state index contributed by atoms with van der Waals surface area (Å²) < 4.78 is 0. The third-order valence-electron chi connectivity index (χ3n) is 5.67. The number of aliphatic hydroxyl groups excluding tert-OH is 2. The van der Waals surface area contributed by atoms with E-state index in [0.717, 1.165) is 25.7 Å². The van der Waals surface area contributed by atoms with Crippen LogP contribution in [0.3, 0.4) is 0 Å². The summed E-state index contributed by atoms with van der Waals surface area (Å²) in [6.07, 6.45) is 19.8. The molecule has 0 saturated carbocycles. The van der Waals surface area contributed by atoms with Crippen LogP contribution in [-0.2, 0) is 9.59 Å². The number of aliphatic hydroxyl groups is 2. The van der Waals surface area contributed by atoms with Gasteiger partial charge in [0, 0.05) is 0 Å². The second kappa shape index (κ2) is 26.1. The summed E-state index contributed by atoms with van der Waals surface area (Å²) in [5.41, 5.74) is 0. The zero-order chi connectivity index (χ0) is 24.5. The number of hydrogen-bond donors (Lipinski definition) is 4. The van der Waals surface area contributed by atoms with E-state index in [9.17, 15) is 14.7 Å². The third-order valence-corrected chi connectivity index (χ3v) is 5.67. The third kappa shape index (κ3) is 28.9. The van der Waals surface area contributed by atoms with Gasteiger partial charge in [0.2, 0.25) is 0 Å². The molecule has 6 nitrogen and oxygen atoms in total. The Balaban J connectivity index is 0. The standard InChI is InChI=1S/C14H28O3.C12H24O3/c1-2-3-4-5-6-7-8-9-10-11-12-13(15)14(16)17;1-2-3-4-5-6-7-8-9-11(13)10-12(14)15/h13,15H,2-12H2,1H3,(H,16,17);11,13H,2-10H2,1H3,(H,14,15). The number of unbranched alkanes of at least 4 members (excludes halogenated alkanes) is 15. The summed E-state index contributed by atoms with van der Waals surface area (Å²) in [6, 6.07) is 0. The normalized spacial score (nSPS) is 12.6. The number of rotatable bonds is 22.